The summed E-state index contributed by atoms with van der Waals surface area (Å²) in [6.07, 6.45) is 2.33. The van der Waals surface area contributed by atoms with E-state index in [9.17, 15) is 4.39 Å². The molecule has 1 aromatic carbocycles. The molecule has 0 amide bonds. The summed E-state index contributed by atoms with van der Waals surface area (Å²) < 4.78 is 12.8. The molecule has 0 atom stereocenters. The predicted octanol–water partition coefficient (Wildman–Crippen LogP) is 3.14. The molecular weight excluding hydrogens is 229 g/mol. The van der Waals surface area contributed by atoms with Crippen molar-refractivity contribution in [1.29, 1.82) is 0 Å². The lowest BCUT2D eigenvalue weighted by molar-refractivity contribution is 0.614. The van der Waals surface area contributed by atoms with E-state index in [0.717, 1.165) is 34.6 Å². The zero-order chi connectivity index (χ0) is 12.5. The summed E-state index contributed by atoms with van der Waals surface area (Å²) in [5.41, 5.74) is 2.68. The monoisotopic (exact) mass is 239 g/mol. The quantitative estimate of drug-likeness (QED) is 0.654. The molecule has 3 aromatic rings. The minimum Gasteiger partial charge on any atom is -0.253 e. The van der Waals surface area contributed by atoms with E-state index in [1.54, 1.807) is 0 Å². The fourth-order valence-electron chi connectivity index (χ4n) is 1.82. The van der Waals surface area contributed by atoms with Gasteiger partial charge in [0.05, 0.1) is 17.9 Å². The maximum absolute atomic E-state index is 12.8. The lowest BCUT2D eigenvalue weighted by Gasteiger charge is -2.03. The highest BCUT2D eigenvalue weighted by atomic mass is 19.1. The molecule has 0 saturated carbocycles. The summed E-state index contributed by atoms with van der Waals surface area (Å²) in [4.78, 5) is 12.4. The summed E-state index contributed by atoms with van der Waals surface area (Å²) >= 11 is 0. The molecule has 4 heteroatoms. The van der Waals surface area contributed by atoms with Crippen LogP contribution >= 0.6 is 0 Å². The smallest absolute Gasteiger partial charge is 0.159 e. The Kier molecular flexibility index (Phi) is 2.48. The van der Waals surface area contributed by atoms with Crippen LogP contribution in [-0.2, 0) is 0 Å². The van der Waals surface area contributed by atoms with Crippen LogP contribution in [0.1, 0.15) is 5.69 Å². The minimum absolute atomic E-state index is 0.437. The van der Waals surface area contributed by atoms with E-state index in [0.29, 0.717) is 5.82 Å². The lowest BCUT2D eigenvalue weighted by atomic mass is 10.1. The van der Waals surface area contributed by atoms with Crippen LogP contribution in [0.4, 0.5) is 4.39 Å². The molecule has 2 aromatic heterocycles. The van der Waals surface area contributed by atoms with Gasteiger partial charge < -0.3 is 0 Å². The SMILES string of the molecule is Cc1ccc2ccc(-c3ncc(F)cn3)cc2n1. The molecule has 3 rings (SSSR count). The first-order valence-electron chi connectivity index (χ1n) is 5.58. The molecule has 88 valence electrons. The Hall–Kier alpha value is -2.36. The summed E-state index contributed by atoms with van der Waals surface area (Å²) in [6, 6.07) is 9.77. The van der Waals surface area contributed by atoms with Crippen molar-refractivity contribution in [3.05, 3.63) is 54.2 Å². The summed E-state index contributed by atoms with van der Waals surface area (Å²) in [5, 5.41) is 1.06. The highest BCUT2D eigenvalue weighted by Gasteiger charge is 2.03. The molecule has 3 nitrogen and oxygen atoms in total. The molecule has 0 bridgehead atoms. The van der Waals surface area contributed by atoms with Crippen LogP contribution in [0.3, 0.4) is 0 Å². The first-order valence-corrected chi connectivity index (χ1v) is 5.58. The Labute approximate surface area is 103 Å². The van der Waals surface area contributed by atoms with E-state index in [4.69, 9.17) is 0 Å². The molecule has 2 heterocycles. The molecule has 0 fully saturated rings. The van der Waals surface area contributed by atoms with Gasteiger partial charge in [-0.25, -0.2) is 14.4 Å². The number of hydrogen-bond acceptors (Lipinski definition) is 3. The van der Waals surface area contributed by atoms with Crippen molar-refractivity contribution in [3.63, 3.8) is 0 Å². The molecule has 18 heavy (non-hydrogen) atoms. The lowest BCUT2D eigenvalue weighted by Crippen LogP contribution is -1.90. The number of nitrogens with zero attached hydrogens (tertiary/aromatic N) is 3. The van der Waals surface area contributed by atoms with Crippen LogP contribution in [0.15, 0.2) is 42.7 Å². The predicted molar refractivity (Wildman–Crippen MR) is 67.5 cm³/mol. The van der Waals surface area contributed by atoms with Gasteiger partial charge in [0.2, 0.25) is 0 Å². The Morgan fingerprint density at radius 1 is 1.00 bits per heavy atom. The largest absolute Gasteiger partial charge is 0.253 e. The molecule has 0 aliphatic rings. The number of aromatic nitrogens is 3. The minimum atomic E-state index is -0.437. The third-order valence-corrected chi connectivity index (χ3v) is 2.71. The normalized spacial score (nSPS) is 10.8. The van der Waals surface area contributed by atoms with Gasteiger partial charge in [-0.15, -0.1) is 0 Å². The number of fused-ring (bicyclic) bond motifs is 1. The zero-order valence-electron chi connectivity index (χ0n) is 9.76. The maximum atomic E-state index is 12.8. The van der Waals surface area contributed by atoms with E-state index in [1.165, 1.54) is 0 Å². The van der Waals surface area contributed by atoms with Gasteiger partial charge in [-0.2, -0.15) is 0 Å². The Morgan fingerprint density at radius 2 is 1.72 bits per heavy atom. The molecular formula is C14H10FN3. The number of hydrogen-bond donors (Lipinski definition) is 0. The second-order valence-corrected chi connectivity index (χ2v) is 4.09. The van der Waals surface area contributed by atoms with Crippen LogP contribution in [0, 0.1) is 12.7 Å². The van der Waals surface area contributed by atoms with Crippen molar-refractivity contribution in [2.75, 3.05) is 0 Å². The van der Waals surface area contributed by atoms with E-state index < -0.39 is 5.82 Å². The van der Waals surface area contributed by atoms with E-state index >= 15 is 0 Å². The van der Waals surface area contributed by atoms with Gasteiger partial charge in [0, 0.05) is 16.6 Å². The number of pyridine rings is 1. The topological polar surface area (TPSA) is 38.7 Å². The number of aryl methyl sites for hydroxylation is 1. The third kappa shape index (κ3) is 1.93. The van der Waals surface area contributed by atoms with Crippen LogP contribution in [0.5, 0.6) is 0 Å². The van der Waals surface area contributed by atoms with Crippen LogP contribution < -0.4 is 0 Å². The first kappa shape index (κ1) is 10.8. The van der Waals surface area contributed by atoms with Gasteiger partial charge >= 0.3 is 0 Å². The number of benzene rings is 1. The standard InChI is InChI=1S/C14H10FN3/c1-9-2-3-10-4-5-11(6-13(10)18-9)14-16-7-12(15)8-17-14/h2-8H,1H3. The first-order chi connectivity index (χ1) is 8.72. The number of halogens is 1. The Morgan fingerprint density at radius 3 is 2.50 bits per heavy atom. The molecule has 0 saturated heterocycles. The van der Waals surface area contributed by atoms with Crippen molar-refractivity contribution in [3.8, 4) is 11.4 Å². The van der Waals surface area contributed by atoms with Gasteiger partial charge in [0.25, 0.3) is 0 Å². The van der Waals surface area contributed by atoms with E-state index in [2.05, 4.69) is 15.0 Å². The van der Waals surface area contributed by atoms with Crippen LogP contribution in [0.2, 0.25) is 0 Å². The zero-order valence-corrected chi connectivity index (χ0v) is 9.76. The fraction of sp³-hybridized carbons (Fsp3) is 0.0714. The summed E-state index contributed by atoms with van der Waals surface area (Å²) in [7, 11) is 0. The van der Waals surface area contributed by atoms with Gasteiger partial charge in [0.1, 0.15) is 0 Å². The van der Waals surface area contributed by atoms with Crippen LogP contribution in [-0.4, -0.2) is 15.0 Å². The van der Waals surface area contributed by atoms with E-state index in [-0.39, 0.29) is 0 Å². The molecule has 0 unspecified atom stereocenters. The van der Waals surface area contributed by atoms with Gasteiger partial charge in [0.15, 0.2) is 11.6 Å². The fourth-order valence-corrected chi connectivity index (χ4v) is 1.82. The average Bonchev–Trinajstić information content (AvgIpc) is 2.38. The average molecular weight is 239 g/mol. The molecule has 0 spiro atoms. The van der Waals surface area contributed by atoms with Gasteiger partial charge in [-0.3, -0.25) is 4.98 Å². The second kappa shape index (κ2) is 4.14. The van der Waals surface area contributed by atoms with Crippen molar-refractivity contribution < 1.29 is 4.39 Å². The summed E-state index contributed by atoms with van der Waals surface area (Å²) in [5.74, 6) is 0.0649. The van der Waals surface area contributed by atoms with Crippen molar-refractivity contribution >= 4 is 10.9 Å². The third-order valence-electron chi connectivity index (χ3n) is 2.71. The van der Waals surface area contributed by atoms with Gasteiger partial charge in [-0.1, -0.05) is 18.2 Å². The summed E-state index contributed by atoms with van der Waals surface area (Å²) in [6.45, 7) is 1.94. The Bertz CT molecular complexity index is 708. The van der Waals surface area contributed by atoms with Crippen molar-refractivity contribution in [1.82, 2.24) is 15.0 Å². The maximum Gasteiger partial charge on any atom is 0.159 e. The second-order valence-electron chi connectivity index (χ2n) is 4.09. The molecule has 0 radical (unpaired) electrons. The van der Waals surface area contributed by atoms with Gasteiger partial charge in [-0.05, 0) is 19.1 Å². The molecule has 0 aliphatic carbocycles. The highest BCUT2D eigenvalue weighted by Crippen LogP contribution is 2.20. The van der Waals surface area contributed by atoms with Crippen LogP contribution in [0.25, 0.3) is 22.3 Å². The number of rotatable bonds is 1. The molecule has 0 N–H and O–H groups in total. The van der Waals surface area contributed by atoms with Crippen molar-refractivity contribution in [2.45, 2.75) is 6.92 Å². The highest BCUT2D eigenvalue weighted by molar-refractivity contribution is 5.83. The Balaban J connectivity index is 2.15. The molecule has 0 aliphatic heterocycles. The van der Waals surface area contributed by atoms with Crippen molar-refractivity contribution in [2.24, 2.45) is 0 Å². The van der Waals surface area contributed by atoms with E-state index in [1.807, 2.05) is 37.3 Å².